The molecule has 1 heterocycles. The third kappa shape index (κ3) is 2.25. The van der Waals surface area contributed by atoms with Gasteiger partial charge >= 0.3 is 0 Å². The summed E-state index contributed by atoms with van der Waals surface area (Å²) in [5, 5.41) is 0. The van der Waals surface area contributed by atoms with Crippen molar-refractivity contribution < 1.29 is 13.5 Å². The van der Waals surface area contributed by atoms with Gasteiger partial charge in [0.2, 0.25) is 0 Å². The second-order valence-corrected chi connectivity index (χ2v) is 3.63. The first-order chi connectivity index (χ1) is 8.11. The van der Waals surface area contributed by atoms with E-state index in [9.17, 15) is 8.78 Å². The number of methoxy groups -OCH3 is 1. The molecule has 4 heteroatoms. The number of rotatable bonds is 2. The van der Waals surface area contributed by atoms with Gasteiger partial charge in [0.15, 0.2) is 11.6 Å². The molecular formula is C13H11F2NO. The van der Waals surface area contributed by atoms with Crippen LogP contribution in [0.4, 0.5) is 8.78 Å². The highest BCUT2D eigenvalue weighted by Gasteiger charge is 2.12. The number of aryl methyl sites for hydroxylation is 1. The van der Waals surface area contributed by atoms with E-state index in [1.54, 1.807) is 19.1 Å². The van der Waals surface area contributed by atoms with Crippen molar-refractivity contribution in [3.63, 3.8) is 0 Å². The smallest absolute Gasteiger partial charge is 0.168 e. The summed E-state index contributed by atoms with van der Waals surface area (Å²) < 4.78 is 31.8. The molecule has 0 atom stereocenters. The number of hydrogen-bond acceptors (Lipinski definition) is 2. The molecule has 0 saturated heterocycles. The predicted octanol–water partition coefficient (Wildman–Crippen LogP) is 3.34. The first-order valence-electron chi connectivity index (χ1n) is 5.09. The van der Waals surface area contributed by atoms with Crippen molar-refractivity contribution in [1.82, 2.24) is 4.98 Å². The second-order valence-electron chi connectivity index (χ2n) is 3.63. The Labute approximate surface area is 97.9 Å². The monoisotopic (exact) mass is 235 g/mol. The van der Waals surface area contributed by atoms with E-state index in [-0.39, 0.29) is 5.56 Å². The zero-order chi connectivity index (χ0) is 12.4. The van der Waals surface area contributed by atoms with Gasteiger partial charge in [-0.2, -0.15) is 0 Å². The van der Waals surface area contributed by atoms with Crippen LogP contribution >= 0.6 is 0 Å². The summed E-state index contributed by atoms with van der Waals surface area (Å²) in [6.45, 7) is 1.77. The van der Waals surface area contributed by atoms with Crippen molar-refractivity contribution in [3.8, 4) is 17.0 Å². The summed E-state index contributed by atoms with van der Waals surface area (Å²) in [5.74, 6) is -1.21. The van der Waals surface area contributed by atoms with Crippen molar-refractivity contribution in [2.45, 2.75) is 6.92 Å². The predicted molar refractivity (Wildman–Crippen MR) is 60.9 cm³/mol. The molecule has 0 amide bonds. The molecule has 0 fully saturated rings. The van der Waals surface area contributed by atoms with Gasteiger partial charge in [0.1, 0.15) is 5.75 Å². The fourth-order valence-corrected chi connectivity index (χ4v) is 1.59. The number of aromatic nitrogens is 1. The van der Waals surface area contributed by atoms with Crippen molar-refractivity contribution >= 4 is 0 Å². The highest BCUT2D eigenvalue weighted by molar-refractivity contribution is 5.62. The van der Waals surface area contributed by atoms with Crippen molar-refractivity contribution in [2.24, 2.45) is 0 Å². The van der Waals surface area contributed by atoms with Crippen LogP contribution in [0.5, 0.6) is 5.75 Å². The minimum absolute atomic E-state index is 0.131. The van der Waals surface area contributed by atoms with Crippen LogP contribution in [0.2, 0.25) is 0 Å². The number of halogens is 2. The summed E-state index contributed by atoms with van der Waals surface area (Å²) in [6, 6.07) is 7.31. The molecule has 0 unspecified atom stereocenters. The van der Waals surface area contributed by atoms with Crippen LogP contribution in [0.25, 0.3) is 11.3 Å². The van der Waals surface area contributed by atoms with Gasteiger partial charge in [0, 0.05) is 23.4 Å². The maximum atomic E-state index is 13.6. The fraction of sp³-hybridized carbons (Fsp3) is 0.154. The Morgan fingerprint density at radius 3 is 2.65 bits per heavy atom. The van der Waals surface area contributed by atoms with Crippen molar-refractivity contribution in [1.29, 1.82) is 0 Å². The van der Waals surface area contributed by atoms with Gasteiger partial charge in [0.05, 0.1) is 12.8 Å². The van der Waals surface area contributed by atoms with Crippen LogP contribution in [0.3, 0.4) is 0 Å². The molecule has 17 heavy (non-hydrogen) atoms. The summed E-state index contributed by atoms with van der Waals surface area (Å²) in [6.07, 6.45) is 0. The number of hydrogen-bond donors (Lipinski definition) is 0. The topological polar surface area (TPSA) is 22.1 Å². The van der Waals surface area contributed by atoms with E-state index in [4.69, 9.17) is 4.74 Å². The minimum atomic E-state index is -0.896. The number of nitrogens with zero attached hydrogens (tertiary/aromatic N) is 1. The summed E-state index contributed by atoms with van der Waals surface area (Å²) in [5.41, 5.74) is 1.17. The maximum absolute atomic E-state index is 13.6. The largest absolute Gasteiger partial charge is 0.497 e. The van der Waals surface area contributed by atoms with Crippen LogP contribution in [-0.4, -0.2) is 12.1 Å². The van der Waals surface area contributed by atoms with E-state index < -0.39 is 11.6 Å². The third-order valence-electron chi connectivity index (χ3n) is 2.39. The van der Waals surface area contributed by atoms with Gasteiger partial charge in [-0.15, -0.1) is 0 Å². The molecule has 88 valence electrons. The highest BCUT2D eigenvalue weighted by atomic mass is 19.2. The normalized spacial score (nSPS) is 10.4. The fourth-order valence-electron chi connectivity index (χ4n) is 1.59. The lowest BCUT2D eigenvalue weighted by Crippen LogP contribution is -1.94. The molecule has 0 saturated carbocycles. The van der Waals surface area contributed by atoms with E-state index in [0.29, 0.717) is 17.1 Å². The Hall–Kier alpha value is -1.97. The minimum Gasteiger partial charge on any atom is -0.497 e. The van der Waals surface area contributed by atoms with E-state index in [1.807, 2.05) is 0 Å². The Morgan fingerprint density at radius 2 is 1.94 bits per heavy atom. The molecule has 0 aliphatic heterocycles. The van der Waals surface area contributed by atoms with Crippen LogP contribution in [0, 0.1) is 18.6 Å². The maximum Gasteiger partial charge on any atom is 0.168 e. The summed E-state index contributed by atoms with van der Waals surface area (Å²) in [4.78, 5) is 4.17. The molecule has 0 spiro atoms. The Morgan fingerprint density at radius 1 is 1.18 bits per heavy atom. The first-order valence-corrected chi connectivity index (χ1v) is 5.09. The molecule has 0 aliphatic carbocycles. The molecule has 2 aromatic rings. The highest BCUT2D eigenvalue weighted by Crippen LogP contribution is 2.26. The van der Waals surface area contributed by atoms with E-state index in [0.717, 1.165) is 6.07 Å². The number of benzene rings is 1. The molecule has 0 aliphatic rings. The number of ether oxygens (including phenoxy) is 1. The molecule has 0 N–H and O–H groups in total. The van der Waals surface area contributed by atoms with Gasteiger partial charge in [-0.05, 0) is 19.1 Å². The SMILES string of the molecule is COc1cc(C)nc(-c2cccc(F)c2F)c1. The quantitative estimate of drug-likeness (QED) is 0.796. The standard InChI is InChI=1S/C13H11F2NO/c1-8-6-9(17-2)7-12(16-8)10-4-3-5-11(14)13(10)15/h3-7H,1-2H3. The lowest BCUT2D eigenvalue weighted by Gasteiger charge is -2.07. The third-order valence-corrected chi connectivity index (χ3v) is 2.39. The van der Waals surface area contributed by atoms with E-state index >= 15 is 0 Å². The average Bonchev–Trinajstić information content (AvgIpc) is 2.31. The van der Waals surface area contributed by atoms with Crippen LogP contribution in [0.1, 0.15) is 5.69 Å². The van der Waals surface area contributed by atoms with E-state index in [1.165, 1.54) is 19.2 Å². The zero-order valence-electron chi connectivity index (χ0n) is 9.50. The lowest BCUT2D eigenvalue weighted by atomic mass is 10.1. The van der Waals surface area contributed by atoms with Crippen molar-refractivity contribution in [2.75, 3.05) is 7.11 Å². The van der Waals surface area contributed by atoms with Gasteiger partial charge in [0.25, 0.3) is 0 Å². The Kier molecular flexibility index (Phi) is 3.04. The first kappa shape index (κ1) is 11.5. The zero-order valence-corrected chi connectivity index (χ0v) is 9.50. The second kappa shape index (κ2) is 4.49. The molecule has 0 bridgehead atoms. The molecule has 2 rings (SSSR count). The van der Waals surface area contributed by atoms with Gasteiger partial charge in [-0.25, -0.2) is 8.78 Å². The lowest BCUT2D eigenvalue weighted by molar-refractivity contribution is 0.414. The van der Waals surface area contributed by atoms with Gasteiger partial charge in [-0.1, -0.05) is 6.07 Å². The Balaban J connectivity index is 2.60. The Bertz CT molecular complexity index is 555. The average molecular weight is 235 g/mol. The van der Waals surface area contributed by atoms with Crippen LogP contribution in [0.15, 0.2) is 30.3 Å². The number of pyridine rings is 1. The molecule has 0 radical (unpaired) electrons. The van der Waals surface area contributed by atoms with Crippen molar-refractivity contribution in [3.05, 3.63) is 47.7 Å². The molecule has 1 aromatic carbocycles. The van der Waals surface area contributed by atoms with Gasteiger partial charge in [-0.3, -0.25) is 4.98 Å². The van der Waals surface area contributed by atoms with Crippen LogP contribution < -0.4 is 4.74 Å². The molecule has 1 aromatic heterocycles. The van der Waals surface area contributed by atoms with Crippen LogP contribution in [-0.2, 0) is 0 Å². The molecule has 2 nitrogen and oxygen atoms in total. The summed E-state index contributed by atoms with van der Waals surface area (Å²) >= 11 is 0. The summed E-state index contributed by atoms with van der Waals surface area (Å²) in [7, 11) is 1.51. The van der Waals surface area contributed by atoms with Gasteiger partial charge < -0.3 is 4.74 Å². The molecular weight excluding hydrogens is 224 g/mol. The van der Waals surface area contributed by atoms with E-state index in [2.05, 4.69) is 4.98 Å².